The lowest BCUT2D eigenvalue weighted by molar-refractivity contribution is 0.309. The Bertz CT molecular complexity index is 694. The van der Waals surface area contributed by atoms with Gasteiger partial charge in [-0.3, -0.25) is 4.98 Å². The quantitative estimate of drug-likeness (QED) is 0.310. The average molecular weight is 396 g/mol. The first-order valence-electron chi connectivity index (χ1n) is 10.8. The van der Waals surface area contributed by atoms with Crippen LogP contribution in [0.4, 0.5) is 0 Å². The minimum absolute atomic E-state index is 0.0378. The molecule has 1 rings (SSSR count). The first-order valence-corrected chi connectivity index (χ1v) is 10.8. The second-order valence-corrected chi connectivity index (χ2v) is 8.70. The van der Waals surface area contributed by atoms with Crippen molar-refractivity contribution in [1.82, 2.24) is 15.6 Å². The van der Waals surface area contributed by atoms with Crippen LogP contribution in [0.1, 0.15) is 78.2 Å². The largest absolute Gasteiger partial charge is 0.388 e. The molecule has 3 unspecified atom stereocenters. The summed E-state index contributed by atoms with van der Waals surface area (Å²) in [5.74, 6) is 0.228. The number of hydrogen-bond donors (Lipinski definition) is 2. The van der Waals surface area contributed by atoms with E-state index < -0.39 is 0 Å². The van der Waals surface area contributed by atoms with E-state index in [9.17, 15) is 0 Å². The van der Waals surface area contributed by atoms with Crippen molar-refractivity contribution < 1.29 is 0 Å². The zero-order valence-corrected chi connectivity index (χ0v) is 19.3. The predicted octanol–water partition coefficient (Wildman–Crippen LogP) is 6.58. The molecule has 0 fully saturated rings. The van der Waals surface area contributed by atoms with Crippen molar-refractivity contribution in [3.8, 4) is 0 Å². The summed E-state index contributed by atoms with van der Waals surface area (Å²) in [7, 11) is 0. The number of rotatable bonds is 12. The highest BCUT2D eigenvalue weighted by molar-refractivity contribution is 5.71. The molecule has 160 valence electrons. The van der Waals surface area contributed by atoms with E-state index in [2.05, 4.69) is 95.0 Å². The van der Waals surface area contributed by atoms with Crippen LogP contribution in [-0.4, -0.2) is 16.6 Å². The standard InChI is InChI=1S/C26H41N3/c1-9-14-20(5)27-19-22(16-11-3)23-17-13-18-24(28-23)25(29-26(6,7)8)21(12-4)15-10-2/h10-13,16-21,25,27,29H,2,4,9,14-15H2,1,3,5-8H3/b16-11-,22-19-. The summed E-state index contributed by atoms with van der Waals surface area (Å²) in [6.07, 6.45) is 13.4. The maximum absolute atomic E-state index is 5.05. The van der Waals surface area contributed by atoms with E-state index >= 15 is 0 Å². The van der Waals surface area contributed by atoms with Crippen molar-refractivity contribution in [2.45, 2.75) is 78.4 Å². The molecule has 0 amide bonds. The molecular weight excluding hydrogens is 354 g/mol. The van der Waals surface area contributed by atoms with Crippen molar-refractivity contribution in [2.24, 2.45) is 5.92 Å². The van der Waals surface area contributed by atoms with Crippen LogP contribution in [0.25, 0.3) is 5.57 Å². The van der Waals surface area contributed by atoms with Crippen LogP contribution in [0.3, 0.4) is 0 Å². The molecule has 0 radical (unpaired) electrons. The van der Waals surface area contributed by atoms with Crippen molar-refractivity contribution in [1.29, 1.82) is 0 Å². The van der Waals surface area contributed by atoms with E-state index in [0.717, 1.165) is 29.8 Å². The van der Waals surface area contributed by atoms with Crippen LogP contribution in [0.2, 0.25) is 0 Å². The molecule has 1 heterocycles. The summed E-state index contributed by atoms with van der Waals surface area (Å²) < 4.78 is 0. The Morgan fingerprint density at radius 2 is 1.97 bits per heavy atom. The van der Waals surface area contributed by atoms with Gasteiger partial charge in [0.25, 0.3) is 0 Å². The first kappa shape index (κ1) is 24.9. The molecule has 3 atom stereocenters. The van der Waals surface area contributed by atoms with Crippen molar-refractivity contribution in [3.05, 3.63) is 73.2 Å². The third-order valence-electron chi connectivity index (χ3n) is 4.73. The van der Waals surface area contributed by atoms with Gasteiger partial charge >= 0.3 is 0 Å². The van der Waals surface area contributed by atoms with E-state index in [1.165, 1.54) is 6.42 Å². The number of nitrogens with one attached hydrogen (secondary N) is 2. The molecule has 0 aromatic carbocycles. The minimum atomic E-state index is -0.0378. The van der Waals surface area contributed by atoms with Gasteiger partial charge in [0.05, 0.1) is 17.4 Å². The van der Waals surface area contributed by atoms with Gasteiger partial charge in [0.1, 0.15) is 0 Å². The maximum atomic E-state index is 5.05. The molecular formula is C26H41N3. The highest BCUT2D eigenvalue weighted by Gasteiger charge is 2.26. The Kier molecular flexibility index (Phi) is 10.7. The SMILES string of the molecule is C=CCC(C=C)C(NC(C)(C)C)c1cccc(C(/C=C\C)=C\NC(C)CCC)n1. The van der Waals surface area contributed by atoms with Gasteiger partial charge in [0.2, 0.25) is 0 Å². The Morgan fingerprint density at radius 3 is 2.52 bits per heavy atom. The predicted molar refractivity (Wildman–Crippen MR) is 129 cm³/mol. The van der Waals surface area contributed by atoms with Gasteiger partial charge < -0.3 is 10.6 Å². The summed E-state index contributed by atoms with van der Waals surface area (Å²) in [5, 5.41) is 7.25. The van der Waals surface area contributed by atoms with E-state index in [0.29, 0.717) is 6.04 Å². The van der Waals surface area contributed by atoms with Crippen LogP contribution in [0, 0.1) is 5.92 Å². The normalized spacial score (nSPS) is 15.7. The van der Waals surface area contributed by atoms with Crippen LogP contribution in [-0.2, 0) is 0 Å². The Labute approximate surface area is 179 Å². The zero-order chi connectivity index (χ0) is 21.9. The summed E-state index contributed by atoms with van der Waals surface area (Å²) >= 11 is 0. The lowest BCUT2D eigenvalue weighted by Gasteiger charge is -2.32. The summed E-state index contributed by atoms with van der Waals surface area (Å²) in [5.41, 5.74) is 3.05. The van der Waals surface area contributed by atoms with Gasteiger partial charge in [-0.2, -0.15) is 0 Å². The Morgan fingerprint density at radius 1 is 1.24 bits per heavy atom. The van der Waals surface area contributed by atoms with Crippen molar-refractivity contribution >= 4 is 5.57 Å². The monoisotopic (exact) mass is 395 g/mol. The van der Waals surface area contributed by atoms with Crippen LogP contribution < -0.4 is 10.6 Å². The lowest BCUT2D eigenvalue weighted by atomic mass is 9.90. The number of allylic oxidation sites excluding steroid dienone is 4. The molecule has 3 heteroatoms. The molecule has 1 aromatic heterocycles. The third-order valence-corrected chi connectivity index (χ3v) is 4.73. The number of nitrogens with zero attached hydrogens (tertiary/aromatic N) is 1. The topological polar surface area (TPSA) is 37.0 Å². The molecule has 0 spiro atoms. The summed E-state index contributed by atoms with van der Waals surface area (Å²) in [4.78, 5) is 5.05. The smallest absolute Gasteiger partial charge is 0.0720 e. The fourth-order valence-electron chi connectivity index (χ4n) is 3.35. The van der Waals surface area contributed by atoms with Crippen LogP contribution in [0.15, 0.2) is 61.9 Å². The van der Waals surface area contributed by atoms with Gasteiger partial charge in [0.15, 0.2) is 0 Å². The second-order valence-electron chi connectivity index (χ2n) is 8.70. The maximum Gasteiger partial charge on any atom is 0.0720 e. The molecule has 0 bridgehead atoms. The number of hydrogen-bond acceptors (Lipinski definition) is 3. The molecule has 3 nitrogen and oxygen atoms in total. The second kappa shape index (κ2) is 12.4. The fraction of sp³-hybridized carbons (Fsp3) is 0.500. The van der Waals surface area contributed by atoms with Gasteiger partial charge in [-0.05, 0) is 59.6 Å². The average Bonchev–Trinajstić information content (AvgIpc) is 2.67. The van der Waals surface area contributed by atoms with E-state index in [1.807, 2.05) is 19.1 Å². The van der Waals surface area contributed by atoms with E-state index in [1.54, 1.807) is 0 Å². The number of pyridine rings is 1. The Balaban J connectivity index is 3.30. The molecule has 2 N–H and O–H groups in total. The lowest BCUT2D eigenvalue weighted by Crippen LogP contribution is -2.42. The third kappa shape index (κ3) is 8.82. The molecule has 0 aliphatic rings. The molecule has 0 saturated heterocycles. The van der Waals surface area contributed by atoms with Gasteiger partial charge in [-0.1, -0.05) is 43.7 Å². The summed E-state index contributed by atoms with van der Waals surface area (Å²) in [6, 6.07) is 6.79. The van der Waals surface area contributed by atoms with Crippen LogP contribution >= 0.6 is 0 Å². The van der Waals surface area contributed by atoms with E-state index in [-0.39, 0.29) is 17.5 Å². The molecule has 29 heavy (non-hydrogen) atoms. The highest BCUT2D eigenvalue weighted by Crippen LogP contribution is 2.28. The molecule has 0 aliphatic carbocycles. The zero-order valence-electron chi connectivity index (χ0n) is 19.3. The van der Waals surface area contributed by atoms with Gasteiger partial charge in [-0.15, -0.1) is 13.2 Å². The van der Waals surface area contributed by atoms with E-state index in [4.69, 9.17) is 4.98 Å². The fourth-order valence-corrected chi connectivity index (χ4v) is 3.35. The summed E-state index contributed by atoms with van der Waals surface area (Å²) in [6.45, 7) is 21.0. The van der Waals surface area contributed by atoms with Crippen LogP contribution in [0.5, 0.6) is 0 Å². The van der Waals surface area contributed by atoms with Crippen molar-refractivity contribution in [2.75, 3.05) is 0 Å². The number of aromatic nitrogens is 1. The molecule has 0 saturated carbocycles. The molecule has 1 aromatic rings. The Hall–Kier alpha value is -2.13. The first-order chi connectivity index (χ1) is 13.8. The molecule has 0 aliphatic heterocycles. The highest BCUT2D eigenvalue weighted by atomic mass is 15.0. The van der Waals surface area contributed by atoms with Gasteiger partial charge in [0, 0.05) is 29.3 Å². The minimum Gasteiger partial charge on any atom is -0.388 e. The van der Waals surface area contributed by atoms with Crippen molar-refractivity contribution in [3.63, 3.8) is 0 Å². The van der Waals surface area contributed by atoms with Gasteiger partial charge in [-0.25, -0.2) is 0 Å².